The Labute approximate surface area is 353 Å². The summed E-state index contributed by atoms with van der Waals surface area (Å²) >= 11 is 0. The van der Waals surface area contributed by atoms with Crippen molar-refractivity contribution >= 4 is 12.3 Å². The number of carbonyl (C=O) groups excluding carboxylic acids is 2. The van der Waals surface area contributed by atoms with Crippen molar-refractivity contribution in [2.45, 2.75) is 181 Å². The Balaban J connectivity index is 0.886. The first kappa shape index (κ1) is 45.8. The zero-order chi connectivity index (χ0) is 43.8. The molecule has 8 rings (SSSR count). The molecule has 0 amide bonds. The summed E-state index contributed by atoms with van der Waals surface area (Å²) in [5.41, 5.74) is -3.06. The van der Waals surface area contributed by atoms with E-state index in [2.05, 4.69) is 6.92 Å². The smallest absolute Gasteiger partial charge is 0.331 e. The van der Waals surface area contributed by atoms with E-state index in [1.165, 1.54) is 7.11 Å². The van der Waals surface area contributed by atoms with Crippen LogP contribution in [0, 0.1) is 28.6 Å². The van der Waals surface area contributed by atoms with Gasteiger partial charge in [-0.3, -0.25) is 0 Å². The van der Waals surface area contributed by atoms with Crippen molar-refractivity contribution in [3.63, 3.8) is 0 Å². The molecule has 8 aliphatic rings. The van der Waals surface area contributed by atoms with Gasteiger partial charge < -0.3 is 88.6 Å². The predicted octanol–water partition coefficient (Wildman–Crippen LogP) is -1.92. The van der Waals surface area contributed by atoms with Crippen molar-refractivity contribution in [2.24, 2.45) is 28.6 Å². The van der Waals surface area contributed by atoms with Gasteiger partial charge in [0.15, 0.2) is 18.9 Å². The number of rotatable bonds is 11. The maximum Gasteiger partial charge on any atom is 0.331 e. The largest absolute Gasteiger partial charge is 0.458 e. The third-order valence-corrected chi connectivity index (χ3v) is 16.3. The van der Waals surface area contributed by atoms with E-state index in [9.17, 15) is 55.5 Å². The number of aliphatic hydroxyl groups excluding tert-OH is 7. The summed E-state index contributed by atoms with van der Waals surface area (Å²) in [6.07, 6.45) is -12.2. The first-order chi connectivity index (χ1) is 28.9. The highest BCUT2D eigenvalue weighted by Crippen LogP contribution is 2.70. The number of aliphatic hydroxyl groups is 9. The number of cyclic esters (lactones) is 1. The number of fused-ring (bicyclic) bond motifs is 5. The Morgan fingerprint density at radius 2 is 1.51 bits per heavy atom. The Bertz CT molecular complexity index is 1630. The standard InChI is InChI=1S/C42H64O19/c1-19-36(61-38-35(51)33(49)31(47)27(60-38)17-56-37-34(50)32(48)30(46)26(15-43)59-37)25(54-3)13-29(57-19)58-21-4-9-40(18-44)23-5-8-39(2)22(20-12-28(45)55-16-20)7-11-42(39,53)24(23)6-10-41(40,52)14-21/h12,18-19,21-27,29-38,43,46-53H,4-11,13-17H2,1-3H3/t19-,21+,22-,23+,24-,25+,26-,27-,29+,30-,31-,32+,33+,34-,35-,36-,37-,38+,39-,40+,41+,42+/m1/s1. The zero-order valence-electron chi connectivity index (χ0n) is 34.8. The van der Waals surface area contributed by atoms with Gasteiger partial charge in [0.05, 0.1) is 48.1 Å². The lowest BCUT2D eigenvalue weighted by Gasteiger charge is -2.65. The van der Waals surface area contributed by atoms with Crippen LogP contribution in [-0.4, -0.2) is 188 Å². The summed E-state index contributed by atoms with van der Waals surface area (Å²) in [7, 11) is 1.47. The van der Waals surface area contributed by atoms with E-state index >= 15 is 0 Å². The molecule has 0 unspecified atom stereocenters. The van der Waals surface area contributed by atoms with Gasteiger partial charge in [-0.2, -0.15) is 0 Å². The van der Waals surface area contributed by atoms with Gasteiger partial charge >= 0.3 is 5.97 Å². The molecule has 4 saturated carbocycles. The summed E-state index contributed by atoms with van der Waals surface area (Å²) < 4.78 is 46.7. The van der Waals surface area contributed by atoms with E-state index in [0.717, 1.165) is 18.3 Å². The lowest BCUT2D eigenvalue weighted by molar-refractivity contribution is -0.355. The van der Waals surface area contributed by atoms with Gasteiger partial charge in [-0.1, -0.05) is 6.92 Å². The summed E-state index contributed by atoms with van der Waals surface area (Å²) in [5, 5.41) is 97.4. The van der Waals surface area contributed by atoms with E-state index in [0.29, 0.717) is 44.9 Å². The van der Waals surface area contributed by atoms with Crippen molar-refractivity contribution in [3.05, 3.63) is 11.6 Å². The Morgan fingerprint density at radius 3 is 2.18 bits per heavy atom. The minimum absolute atomic E-state index is 0.00485. The van der Waals surface area contributed by atoms with Crippen molar-refractivity contribution in [1.82, 2.24) is 0 Å². The lowest BCUT2D eigenvalue weighted by Crippen LogP contribution is -2.69. The quantitative estimate of drug-likeness (QED) is 0.0622. The summed E-state index contributed by atoms with van der Waals surface area (Å²) in [6.45, 7) is 2.86. The fourth-order valence-electron chi connectivity index (χ4n) is 12.9. The van der Waals surface area contributed by atoms with E-state index < -0.39 is 127 Å². The van der Waals surface area contributed by atoms with Crippen LogP contribution in [0.2, 0.25) is 0 Å². The number of esters is 1. The Hall–Kier alpha value is -1.76. The molecule has 4 aliphatic carbocycles. The van der Waals surface area contributed by atoms with Gasteiger partial charge in [0.1, 0.15) is 67.8 Å². The third kappa shape index (κ3) is 7.55. The second-order valence-corrected chi connectivity index (χ2v) is 19.2. The number of hydrogen-bond donors (Lipinski definition) is 9. The monoisotopic (exact) mass is 872 g/mol. The van der Waals surface area contributed by atoms with E-state index in [4.69, 9.17) is 37.9 Å². The molecule has 9 N–H and O–H groups in total. The topological polar surface area (TPSA) is 290 Å². The summed E-state index contributed by atoms with van der Waals surface area (Å²) in [6, 6.07) is 0. The first-order valence-corrected chi connectivity index (χ1v) is 21.8. The highest BCUT2D eigenvalue weighted by atomic mass is 16.8. The second-order valence-electron chi connectivity index (χ2n) is 19.2. The van der Waals surface area contributed by atoms with Crippen LogP contribution in [-0.2, 0) is 47.5 Å². The molecule has 0 bridgehead atoms. The molecule has 19 heteroatoms. The average molecular weight is 873 g/mol. The molecule has 0 radical (unpaired) electrons. The Kier molecular flexibility index (Phi) is 12.9. The molecule has 61 heavy (non-hydrogen) atoms. The zero-order valence-corrected chi connectivity index (χ0v) is 34.8. The van der Waals surface area contributed by atoms with E-state index in [-0.39, 0.29) is 43.2 Å². The van der Waals surface area contributed by atoms with Gasteiger partial charge in [0.25, 0.3) is 0 Å². The van der Waals surface area contributed by atoms with Crippen LogP contribution in [0.3, 0.4) is 0 Å². The molecular weight excluding hydrogens is 808 g/mol. The molecule has 0 aromatic rings. The van der Waals surface area contributed by atoms with Crippen LogP contribution in [0.4, 0.5) is 0 Å². The molecule has 0 aromatic carbocycles. The van der Waals surface area contributed by atoms with Gasteiger partial charge in [-0.05, 0) is 81.6 Å². The van der Waals surface area contributed by atoms with Crippen LogP contribution in [0.15, 0.2) is 11.6 Å². The van der Waals surface area contributed by atoms with Gasteiger partial charge in [-0.15, -0.1) is 0 Å². The molecule has 0 spiro atoms. The molecule has 19 nitrogen and oxygen atoms in total. The molecule has 7 fully saturated rings. The van der Waals surface area contributed by atoms with Crippen molar-refractivity contribution in [1.29, 1.82) is 0 Å². The number of aldehydes is 1. The van der Waals surface area contributed by atoms with Gasteiger partial charge in [0.2, 0.25) is 0 Å². The molecule has 0 aromatic heterocycles. The third-order valence-electron chi connectivity index (χ3n) is 16.3. The highest BCUT2D eigenvalue weighted by molar-refractivity contribution is 5.85. The number of carbonyl (C=O) groups is 2. The summed E-state index contributed by atoms with van der Waals surface area (Å²) in [5.74, 6) is -0.767. The molecule has 346 valence electrons. The summed E-state index contributed by atoms with van der Waals surface area (Å²) in [4.78, 5) is 25.3. The molecule has 4 heterocycles. The van der Waals surface area contributed by atoms with Gasteiger partial charge in [-0.25, -0.2) is 4.79 Å². The second kappa shape index (κ2) is 17.2. The lowest BCUT2D eigenvalue weighted by atomic mass is 9.41. The maximum absolute atomic E-state index is 13.3. The molecular formula is C42H64O19. The van der Waals surface area contributed by atoms with E-state index in [1.54, 1.807) is 13.0 Å². The average Bonchev–Trinajstić information content (AvgIpc) is 3.79. The van der Waals surface area contributed by atoms with Crippen molar-refractivity contribution < 1.29 is 93.4 Å². The maximum atomic E-state index is 13.3. The van der Waals surface area contributed by atoms with E-state index in [1.807, 2.05) is 0 Å². The van der Waals surface area contributed by atoms with Crippen LogP contribution in [0.5, 0.6) is 0 Å². The minimum atomic E-state index is -1.75. The molecule has 4 aliphatic heterocycles. The molecule has 3 saturated heterocycles. The predicted molar refractivity (Wildman–Crippen MR) is 203 cm³/mol. The fourth-order valence-corrected chi connectivity index (χ4v) is 12.9. The van der Waals surface area contributed by atoms with Crippen molar-refractivity contribution in [2.75, 3.05) is 26.9 Å². The SMILES string of the molecule is CO[C@H]1C[C@H](O[C@H]2CC[C@]3(C=O)[C@H]4CC[C@]5(C)[C@@H](C6=CC(=O)OC6)CC[C@]5(O)[C@@H]4CC[C@]3(O)C2)O[C@H](C)[C@H]1O[C@@H]1O[C@H](CO[C@@H]2O[C@H](CO)[C@@H](O)[C@H](O)[C@H]2O)[C@@H](O)[C@H](O)[C@H]1O. The minimum Gasteiger partial charge on any atom is -0.458 e. The van der Waals surface area contributed by atoms with Crippen molar-refractivity contribution in [3.8, 4) is 0 Å². The van der Waals surface area contributed by atoms with Crippen LogP contribution in [0.1, 0.15) is 78.1 Å². The van der Waals surface area contributed by atoms with Crippen LogP contribution < -0.4 is 0 Å². The normalized spacial score (nSPS) is 53.6. The molecule has 22 atom stereocenters. The number of ether oxygens (including phenoxy) is 8. The number of methoxy groups -OCH3 is 1. The first-order valence-electron chi connectivity index (χ1n) is 21.8. The Morgan fingerprint density at radius 1 is 0.820 bits per heavy atom. The van der Waals surface area contributed by atoms with Crippen LogP contribution >= 0.6 is 0 Å². The number of hydrogen-bond acceptors (Lipinski definition) is 19. The van der Waals surface area contributed by atoms with Crippen LogP contribution in [0.25, 0.3) is 0 Å². The fraction of sp³-hybridized carbons (Fsp3) is 0.905. The highest BCUT2D eigenvalue weighted by Gasteiger charge is 2.71. The van der Waals surface area contributed by atoms with Gasteiger partial charge in [0, 0.05) is 31.4 Å².